The summed E-state index contributed by atoms with van der Waals surface area (Å²) in [5, 5.41) is 8.37. The van der Waals surface area contributed by atoms with Gasteiger partial charge in [-0.25, -0.2) is 0 Å². The number of rotatable bonds is 3. The van der Waals surface area contributed by atoms with Crippen LogP contribution in [0.25, 0.3) is 5.65 Å². The molecule has 0 unspecified atom stereocenters. The van der Waals surface area contributed by atoms with Crippen LogP contribution in [-0.2, 0) is 11.2 Å². The van der Waals surface area contributed by atoms with Crippen molar-refractivity contribution in [2.75, 3.05) is 13.2 Å². The zero-order chi connectivity index (χ0) is 16.5. The van der Waals surface area contributed by atoms with Crippen molar-refractivity contribution < 1.29 is 4.74 Å². The summed E-state index contributed by atoms with van der Waals surface area (Å²) in [7, 11) is 0. The molecule has 1 aliphatic heterocycles. The molecule has 0 saturated carbocycles. The number of hydrogen-bond donors (Lipinski definition) is 1. The second kappa shape index (κ2) is 6.20. The van der Waals surface area contributed by atoms with Gasteiger partial charge in [-0.3, -0.25) is 9.20 Å². The molecule has 2 aromatic heterocycles. The number of aromatic amines is 1. The first-order chi connectivity index (χ1) is 11.7. The van der Waals surface area contributed by atoms with Crippen molar-refractivity contribution in [3.8, 4) is 0 Å². The van der Waals surface area contributed by atoms with E-state index in [1.165, 1.54) is 11.1 Å². The summed E-state index contributed by atoms with van der Waals surface area (Å²) in [4.78, 5) is 15.3. The molecule has 4 rings (SSSR count). The SMILES string of the molecule is Cc1ccccc1Cc1cn2c(C3CCOCC3)nnc2c(=O)[nH]1. The van der Waals surface area contributed by atoms with Crippen molar-refractivity contribution in [3.63, 3.8) is 0 Å². The standard InChI is InChI=1S/C18H20N4O2/c1-12-4-2-3-5-14(12)10-15-11-22-16(13-6-8-24-9-7-13)20-21-17(22)18(23)19-15/h2-5,11,13H,6-10H2,1H3,(H,19,23). The first-order valence-electron chi connectivity index (χ1n) is 8.31. The summed E-state index contributed by atoms with van der Waals surface area (Å²) < 4.78 is 7.29. The van der Waals surface area contributed by atoms with Gasteiger partial charge in [-0.2, -0.15) is 0 Å². The fraction of sp³-hybridized carbons (Fsp3) is 0.389. The molecular weight excluding hydrogens is 304 g/mol. The maximum Gasteiger partial charge on any atom is 0.293 e. The number of aryl methyl sites for hydroxylation is 1. The quantitative estimate of drug-likeness (QED) is 0.802. The second-order valence-electron chi connectivity index (χ2n) is 6.35. The van der Waals surface area contributed by atoms with Crippen molar-refractivity contribution in [3.05, 3.63) is 63.5 Å². The Morgan fingerprint density at radius 3 is 2.83 bits per heavy atom. The summed E-state index contributed by atoms with van der Waals surface area (Å²) >= 11 is 0. The normalized spacial score (nSPS) is 15.9. The molecule has 0 atom stereocenters. The molecule has 6 heteroatoms. The van der Waals surface area contributed by atoms with Gasteiger partial charge in [-0.05, 0) is 30.9 Å². The second-order valence-corrected chi connectivity index (χ2v) is 6.35. The zero-order valence-electron chi connectivity index (χ0n) is 13.7. The van der Waals surface area contributed by atoms with Gasteiger partial charge in [0.2, 0.25) is 5.65 Å². The number of ether oxygens (including phenoxy) is 1. The fourth-order valence-corrected chi connectivity index (χ4v) is 3.31. The minimum Gasteiger partial charge on any atom is -0.381 e. The van der Waals surface area contributed by atoms with E-state index in [9.17, 15) is 4.79 Å². The van der Waals surface area contributed by atoms with Crippen molar-refractivity contribution in [1.82, 2.24) is 19.6 Å². The molecule has 24 heavy (non-hydrogen) atoms. The van der Waals surface area contributed by atoms with Crippen LogP contribution in [0.1, 0.15) is 41.4 Å². The van der Waals surface area contributed by atoms with E-state index in [4.69, 9.17) is 4.74 Å². The average Bonchev–Trinajstić information content (AvgIpc) is 3.02. The molecule has 0 aliphatic carbocycles. The van der Waals surface area contributed by atoms with E-state index in [1.54, 1.807) is 0 Å². The highest BCUT2D eigenvalue weighted by molar-refractivity contribution is 5.37. The van der Waals surface area contributed by atoms with E-state index >= 15 is 0 Å². The van der Waals surface area contributed by atoms with Gasteiger partial charge in [0.15, 0.2) is 0 Å². The summed E-state index contributed by atoms with van der Waals surface area (Å²) in [5.41, 5.74) is 3.46. The van der Waals surface area contributed by atoms with Crippen LogP contribution < -0.4 is 5.56 Å². The molecule has 1 aliphatic rings. The Hall–Kier alpha value is -2.47. The molecule has 0 spiro atoms. The van der Waals surface area contributed by atoms with Crippen molar-refractivity contribution in [2.45, 2.75) is 32.1 Å². The molecule has 0 bridgehead atoms. The van der Waals surface area contributed by atoms with Gasteiger partial charge in [0.1, 0.15) is 5.82 Å². The van der Waals surface area contributed by atoms with Crippen LogP contribution in [0, 0.1) is 6.92 Å². The van der Waals surface area contributed by atoms with Gasteiger partial charge in [0.05, 0.1) is 0 Å². The highest BCUT2D eigenvalue weighted by Gasteiger charge is 2.22. The third kappa shape index (κ3) is 2.73. The maximum absolute atomic E-state index is 12.4. The topological polar surface area (TPSA) is 72.3 Å². The molecule has 1 N–H and O–H groups in total. The van der Waals surface area contributed by atoms with E-state index in [-0.39, 0.29) is 5.56 Å². The van der Waals surface area contributed by atoms with Crippen LogP contribution in [0.5, 0.6) is 0 Å². The summed E-state index contributed by atoms with van der Waals surface area (Å²) in [6.45, 7) is 3.55. The first kappa shape index (κ1) is 15.1. The molecule has 3 aromatic rings. The summed E-state index contributed by atoms with van der Waals surface area (Å²) in [6.07, 6.45) is 4.48. The Labute approximate surface area is 139 Å². The highest BCUT2D eigenvalue weighted by atomic mass is 16.5. The smallest absolute Gasteiger partial charge is 0.293 e. The van der Waals surface area contributed by atoms with Crippen LogP contribution in [0.15, 0.2) is 35.3 Å². The van der Waals surface area contributed by atoms with E-state index < -0.39 is 0 Å². The summed E-state index contributed by atoms with van der Waals surface area (Å²) in [5.74, 6) is 1.16. The molecule has 6 nitrogen and oxygen atoms in total. The minimum absolute atomic E-state index is 0.188. The third-order valence-corrected chi connectivity index (χ3v) is 4.71. The fourth-order valence-electron chi connectivity index (χ4n) is 3.31. The number of hydrogen-bond acceptors (Lipinski definition) is 4. The number of H-pyrrole nitrogens is 1. The summed E-state index contributed by atoms with van der Waals surface area (Å²) in [6, 6.07) is 8.21. The van der Waals surface area contributed by atoms with Gasteiger partial charge in [0.25, 0.3) is 5.56 Å². The highest BCUT2D eigenvalue weighted by Crippen LogP contribution is 2.25. The lowest BCUT2D eigenvalue weighted by molar-refractivity contribution is 0.0834. The molecular formula is C18H20N4O2. The Kier molecular flexibility index (Phi) is 3.90. The zero-order valence-corrected chi connectivity index (χ0v) is 13.7. The molecule has 0 amide bonds. The largest absolute Gasteiger partial charge is 0.381 e. The molecule has 0 radical (unpaired) electrons. The van der Waals surface area contributed by atoms with Gasteiger partial charge in [0, 0.05) is 37.4 Å². The Morgan fingerprint density at radius 1 is 1.25 bits per heavy atom. The van der Waals surface area contributed by atoms with Crippen LogP contribution in [0.2, 0.25) is 0 Å². The lowest BCUT2D eigenvalue weighted by Crippen LogP contribution is -2.18. The number of fused-ring (bicyclic) bond motifs is 1. The predicted molar refractivity (Wildman–Crippen MR) is 90.4 cm³/mol. The van der Waals surface area contributed by atoms with E-state index in [1.807, 2.05) is 22.7 Å². The maximum atomic E-state index is 12.4. The minimum atomic E-state index is -0.188. The van der Waals surface area contributed by atoms with Gasteiger partial charge < -0.3 is 9.72 Å². The number of benzene rings is 1. The monoisotopic (exact) mass is 324 g/mol. The van der Waals surface area contributed by atoms with Crippen LogP contribution in [-0.4, -0.2) is 32.8 Å². The predicted octanol–water partition coefficient (Wildman–Crippen LogP) is 2.21. The van der Waals surface area contributed by atoms with E-state index in [0.717, 1.165) is 37.6 Å². The Bertz CT molecular complexity index is 922. The van der Waals surface area contributed by atoms with Crippen LogP contribution in [0.4, 0.5) is 0 Å². The third-order valence-electron chi connectivity index (χ3n) is 4.71. The lowest BCUT2D eigenvalue weighted by Gasteiger charge is -2.20. The average molecular weight is 324 g/mol. The van der Waals surface area contributed by atoms with Crippen molar-refractivity contribution in [1.29, 1.82) is 0 Å². The van der Waals surface area contributed by atoms with Crippen LogP contribution in [0.3, 0.4) is 0 Å². The van der Waals surface area contributed by atoms with Crippen molar-refractivity contribution >= 4 is 5.65 Å². The first-order valence-corrected chi connectivity index (χ1v) is 8.31. The number of aromatic nitrogens is 4. The van der Waals surface area contributed by atoms with E-state index in [0.29, 0.717) is 18.0 Å². The molecule has 1 saturated heterocycles. The van der Waals surface area contributed by atoms with Gasteiger partial charge in [-0.1, -0.05) is 24.3 Å². The van der Waals surface area contributed by atoms with E-state index in [2.05, 4.69) is 34.2 Å². The Morgan fingerprint density at radius 2 is 2.04 bits per heavy atom. The number of nitrogens with zero attached hydrogens (tertiary/aromatic N) is 3. The molecule has 124 valence electrons. The Balaban J connectivity index is 1.75. The van der Waals surface area contributed by atoms with Crippen molar-refractivity contribution in [2.24, 2.45) is 0 Å². The lowest BCUT2D eigenvalue weighted by atomic mass is 9.99. The molecule has 1 aromatic carbocycles. The number of nitrogens with one attached hydrogen (secondary N) is 1. The van der Waals surface area contributed by atoms with Gasteiger partial charge in [-0.15, -0.1) is 10.2 Å². The van der Waals surface area contributed by atoms with Crippen LogP contribution >= 0.6 is 0 Å². The molecule has 1 fully saturated rings. The van der Waals surface area contributed by atoms with Gasteiger partial charge >= 0.3 is 0 Å². The molecule has 3 heterocycles.